The third-order valence-electron chi connectivity index (χ3n) is 4.77. The van der Waals surface area contributed by atoms with Gasteiger partial charge in [0, 0.05) is 17.1 Å². The summed E-state index contributed by atoms with van der Waals surface area (Å²) in [5, 5.41) is 11.3. The number of nitrogens with one attached hydrogen (secondary N) is 2. The molecule has 0 aliphatic carbocycles. The largest absolute Gasteiger partial charge is 0.465 e. The van der Waals surface area contributed by atoms with Gasteiger partial charge in [-0.2, -0.15) is 5.10 Å². The van der Waals surface area contributed by atoms with Gasteiger partial charge in [-0.25, -0.2) is 9.78 Å². The number of carbonyl (C=O) groups excluding carboxylic acids is 2. The number of esters is 2. The summed E-state index contributed by atoms with van der Waals surface area (Å²) in [7, 11) is 1.33. The molecule has 0 saturated carbocycles. The zero-order valence-corrected chi connectivity index (χ0v) is 16.9. The van der Waals surface area contributed by atoms with Crippen LogP contribution in [0.1, 0.15) is 23.0 Å². The number of aromatic nitrogens is 4. The molecule has 0 aliphatic rings. The van der Waals surface area contributed by atoms with Crippen molar-refractivity contribution in [2.45, 2.75) is 13.8 Å². The summed E-state index contributed by atoms with van der Waals surface area (Å²) in [6.07, 6.45) is 1.63. The minimum atomic E-state index is -0.459. The van der Waals surface area contributed by atoms with Crippen LogP contribution in [0.5, 0.6) is 0 Å². The first kappa shape index (κ1) is 19.4. The Balaban J connectivity index is 1.85. The van der Waals surface area contributed by atoms with E-state index in [4.69, 9.17) is 14.5 Å². The number of anilines is 1. The summed E-state index contributed by atoms with van der Waals surface area (Å²) < 4.78 is 11.6. The lowest BCUT2D eigenvalue weighted by molar-refractivity contribution is -0.140. The minimum absolute atomic E-state index is 0.0376. The normalized spacial score (nSPS) is 11.0. The van der Waals surface area contributed by atoms with Crippen LogP contribution in [-0.4, -0.2) is 51.8 Å². The predicted molar refractivity (Wildman–Crippen MR) is 111 cm³/mol. The minimum Gasteiger partial charge on any atom is -0.465 e. The van der Waals surface area contributed by atoms with Gasteiger partial charge in [0.25, 0.3) is 0 Å². The van der Waals surface area contributed by atoms with E-state index in [9.17, 15) is 9.59 Å². The van der Waals surface area contributed by atoms with Gasteiger partial charge in [0.2, 0.25) is 0 Å². The maximum atomic E-state index is 12.0. The number of rotatable bonds is 6. The Kier molecular flexibility index (Phi) is 5.09. The number of fused-ring (bicyclic) bond motifs is 2. The third kappa shape index (κ3) is 3.45. The number of methoxy groups -OCH3 is 1. The first-order valence-corrected chi connectivity index (χ1v) is 9.46. The standard InChI is InChI=1S/C21H21N5O4/c1-4-30-18(27)10-22-20-19(13-5-7-16-15(9-13)12(2)24-25-16)23-17-8-6-14(11-26(17)20)21(28)29-3/h5-9,11,22H,4,10H2,1-3H3,(H,24,25). The fourth-order valence-electron chi connectivity index (χ4n) is 3.31. The Morgan fingerprint density at radius 3 is 2.83 bits per heavy atom. The summed E-state index contributed by atoms with van der Waals surface area (Å²) in [4.78, 5) is 28.6. The first-order valence-electron chi connectivity index (χ1n) is 9.46. The lowest BCUT2D eigenvalue weighted by Gasteiger charge is -2.09. The smallest absolute Gasteiger partial charge is 0.339 e. The number of H-pyrrole nitrogens is 1. The Hall–Kier alpha value is -3.88. The van der Waals surface area contributed by atoms with Crippen LogP contribution in [0.4, 0.5) is 5.82 Å². The van der Waals surface area contributed by atoms with E-state index in [1.807, 2.05) is 25.1 Å². The fourth-order valence-corrected chi connectivity index (χ4v) is 3.31. The van der Waals surface area contributed by atoms with Crippen LogP contribution in [-0.2, 0) is 14.3 Å². The van der Waals surface area contributed by atoms with Gasteiger partial charge in [0.15, 0.2) is 0 Å². The number of carbonyl (C=O) groups is 2. The van der Waals surface area contributed by atoms with Gasteiger partial charge < -0.3 is 14.8 Å². The second kappa shape index (κ2) is 7.86. The highest BCUT2D eigenvalue weighted by Gasteiger charge is 2.18. The molecule has 0 bridgehead atoms. The number of benzene rings is 1. The predicted octanol–water partition coefficient (Wildman–Crippen LogP) is 2.95. The Morgan fingerprint density at radius 2 is 2.07 bits per heavy atom. The number of aromatic amines is 1. The second-order valence-electron chi connectivity index (χ2n) is 6.67. The van der Waals surface area contributed by atoms with Crippen molar-refractivity contribution in [1.82, 2.24) is 19.6 Å². The lowest BCUT2D eigenvalue weighted by Crippen LogP contribution is -2.18. The number of ether oxygens (including phenoxy) is 2. The van der Waals surface area contributed by atoms with Gasteiger partial charge in [0.1, 0.15) is 23.7 Å². The number of aryl methyl sites for hydroxylation is 1. The summed E-state index contributed by atoms with van der Waals surface area (Å²) in [5.74, 6) is -0.271. The van der Waals surface area contributed by atoms with Gasteiger partial charge in [0.05, 0.1) is 30.5 Å². The van der Waals surface area contributed by atoms with Gasteiger partial charge >= 0.3 is 11.9 Å². The molecule has 3 heterocycles. The molecule has 0 fully saturated rings. The molecule has 2 N–H and O–H groups in total. The van der Waals surface area contributed by atoms with Crippen LogP contribution in [0.15, 0.2) is 36.5 Å². The van der Waals surface area contributed by atoms with Crippen molar-refractivity contribution < 1.29 is 19.1 Å². The third-order valence-corrected chi connectivity index (χ3v) is 4.77. The molecule has 4 rings (SSSR count). The van der Waals surface area contributed by atoms with Crippen LogP contribution in [0.25, 0.3) is 27.8 Å². The van der Waals surface area contributed by atoms with Crippen molar-refractivity contribution in [1.29, 1.82) is 0 Å². The van der Waals surface area contributed by atoms with E-state index in [1.54, 1.807) is 29.7 Å². The van der Waals surface area contributed by atoms with Gasteiger partial charge in [-0.15, -0.1) is 0 Å². The van der Waals surface area contributed by atoms with E-state index in [0.29, 0.717) is 29.3 Å². The van der Waals surface area contributed by atoms with Gasteiger partial charge in [-0.1, -0.05) is 6.07 Å². The maximum Gasteiger partial charge on any atom is 0.339 e. The van der Waals surface area contributed by atoms with Crippen molar-refractivity contribution in [3.05, 3.63) is 47.8 Å². The van der Waals surface area contributed by atoms with Crippen molar-refractivity contribution in [2.75, 3.05) is 25.6 Å². The molecule has 4 aromatic rings. The van der Waals surface area contributed by atoms with Crippen LogP contribution in [0.2, 0.25) is 0 Å². The highest BCUT2D eigenvalue weighted by molar-refractivity contribution is 5.91. The molecule has 1 aromatic carbocycles. The molecule has 0 saturated heterocycles. The molecular formula is C21H21N5O4. The maximum absolute atomic E-state index is 12.0. The average molecular weight is 407 g/mol. The van der Waals surface area contributed by atoms with E-state index in [2.05, 4.69) is 15.5 Å². The SMILES string of the molecule is CCOC(=O)CNc1c(-c2ccc3[nH]nc(C)c3c2)nc2ccc(C(=O)OC)cn12. The molecule has 0 radical (unpaired) electrons. The molecule has 0 aliphatic heterocycles. The molecule has 154 valence electrons. The highest BCUT2D eigenvalue weighted by atomic mass is 16.5. The van der Waals surface area contributed by atoms with Crippen LogP contribution in [0, 0.1) is 6.92 Å². The molecule has 3 aromatic heterocycles. The number of hydrogen-bond donors (Lipinski definition) is 2. The summed E-state index contributed by atoms with van der Waals surface area (Å²) in [6, 6.07) is 9.23. The number of hydrogen-bond acceptors (Lipinski definition) is 7. The molecule has 30 heavy (non-hydrogen) atoms. The Bertz CT molecular complexity index is 1260. The first-order chi connectivity index (χ1) is 14.5. The number of pyridine rings is 1. The van der Waals surface area contributed by atoms with Gasteiger partial charge in [-0.05, 0) is 38.1 Å². The zero-order valence-electron chi connectivity index (χ0n) is 16.9. The lowest BCUT2D eigenvalue weighted by atomic mass is 10.1. The van der Waals surface area contributed by atoms with E-state index in [-0.39, 0.29) is 12.5 Å². The summed E-state index contributed by atoms with van der Waals surface area (Å²) in [5.41, 5.74) is 4.28. The molecule has 0 amide bonds. The van der Waals surface area contributed by atoms with E-state index in [0.717, 1.165) is 22.2 Å². The van der Waals surface area contributed by atoms with Crippen LogP contribution >= 0.6 is 0 Å². The van der Waals surface area contributed by atoms with Crippen molar-refractivity contribution in [3.8, 4) is 11.3 Å². The van der Waals surface area contributed by atoms with Crippen LogP contribution < -0.4 is 5.32 Å². The topological polar surface area (TPSA) is 111 Å². The zero-order chi connectivity index (χ0) is 21.3. The van der Waals surface area contributed by atoms with Gasteiger partial charge in [-0.3, -0.25) is 14.3 Å². The summed E-state index contributed by atoms with van der Waals surface area (Å²) >= 11 is 0. The molecular weight excluding hydrogens is 386 g/mol. The van der Waals surface area contributed by atoms with E-state index < -0.39 is 5.97 Å². The van der Waals surface area contributed by atoms with Crippen molar-refractivity contribution in [2.24, 2.45) is 0 Å². The van der Waals surface area contributed by atoms with Crippen LogP contribution in [0.3, 0.4) is 0 Å². The monoisotopic (exact) mass is 407 g/mol. The Morgan fingerprint density at radius 1 is 1.23 bits per heavy atom. The Labute approximate surface area is 172 Å². The summed E-state index contributed by atoms with van der Waals surface area (Å²) in [6.45, 7) is 3.94. The van der Waals surface area contributed by atoms with E-state index >= 15 is 0 Å². The average Bonchev–Trinajstić information content (AvgIpc) is 3.31. The quantitative estimate of drug-likeness (QED) is 0.473. The van der Waals surface area contributed by atoms with Crippen molar-refractivity contribution >= 4 is 34.3 Å². The number of nitrogens with zero attached hydrogens (tertiary/aromatic N) is 3. The fraction of sp³-hybridized carbons (Fsp3) is 0.238. The highest BCUT2D eigenvalue weighted by Crippen LogP contribution is 2.31. The van der Waals surface area contributed by atoms with Crippen molar-refractivity contribution in [3.63, 3.8) is 0 Å². The second-order valence-corrected chi connectivity index (χ2v) is 6.67. The molecule has 9 heteroatoms. The van der Waals surface area contributed by atoms with E-state index in [1.165, 1.54) is 7.11 Å². The molecule has 0 atom stereocenters. The number of imidazole rings is 1. The molecule has 9 nitrogen and oxygen atoms in total. The molecule has 0 unspecified atom stereocenters. The molecule has 0 spiro atoms.